The predicted octanol–water partition coefficient (Wildman–Crippen LogP) is 0.357. The van der Waals surface area contributed by atoms with E-state index in [1.54, 1.807) is 41.5 Å². The minimum atomic E-state index is -1.22. The molecule has 12 nitrogen and oxygen atoms in total. The second-order valence-corrected chi connectivity index (χ2v) is 12.6. The molecular weight excluding hydrogens is 506 g/mol. The normalized spacial score (nSPS) is 22.4. The number of nitrogens with two attached hydrogens (primary N) is 1. The second-order valence-electron chi connectivity index (χ2n) is 11.9. The van der Waals surface area contributed by atoms with Gasteiger partial charge in [-0.05, 0) is 36.0 Å². The van der Waals surface area contributed by atoms with Gasteiger partial charge in [-0.25, -0.2) is 9.59 Å². The van der Waals surface area contributed by atoms with Crippen LogP contribution in [0, 0.1) is 16.7 Å². The Morgan fingerprint density at radius 2 is 1.43 bits per heavy atom. The summed E-state index contributed by atoms with van der Waals surface area (Å²) < 4.78 is 0. The summed E-state index contributed by atoms with van der Waals surface area (Å²) in [6, 6.07) is -5.30. The number of nitrogens with zero attached hydrogens (tertiary/aromatic N) is 1. The fourth-order valence-corrected chi connectivity index (χ4v) is 4.59. The predicted molar refractivity (Wildman–Crippen MR) is 134 cm³/mol. The summed E-state index contributed by atoms with van der Waals surface area (Å²) in [6.45, 7) is 10.1. The molecule has 1 saturated carbocycles. The SMILES string of the molecule is CC(C)(C)C(NC(=O)N[C@H](C(=O)N1C[C@H](Cl)C[C@H]1C(=O)NC(C(=O)C(N)=O)C1CC1)C(C)(C)C)C(=O)O. The van der Waals surface area contributed by atoms with Gasteiger partial charge in [0.2, 0.25) is 17.6 Å². The zero-order chi connectivity index (χ0) is 28.5. The molecule has 13 heteroatoms. The van der Waals surface area contributed by atoms with Crippen LogP contribution in [0.5, 0.6) is 0 Å². The van der Waals surface area contributed by atoms with Crippen LogP contribution in [0.4, 0.5) is 4.79 Å². The standard InChI is InChI=1S/C24H38ClN5O7/c1-23(2,3)16(28-22(37)29-17(21(35)36)24(4,5)6)20(34)30-10-12(25)9-13(30)19(33)27-14(11-7-8-11)15(31)18(26)32/h11-14,16-17H,7-10H2,1-6H3,(H2,26,32)(H,27,33)(H,35,36)(H2,28,29,37)/t12-,13+,14?,16-,17?/m1/s1. The first-order chi connectivity index (χ1) is 16.8. The fraction of sp³-hybridized carbons (Fsp3) is 0.750. The van der Waals surface area contributed by atoms with Crippen LogP contribution in [-0.2, 0) is 24.0 Å². The summed E-state index contributed by atoms with van der Waals surface area (Å²) in [7, 11) is 0. The summed E-state index contributed by atoms with van der Waals surface area (Å²) in [4.78, 5) is 76.2. The maximum Gasteiger partial charge on any atom is 0.326 e. The number of primary amides is 1. The fourth-order valence-electron chi connectivity index (χ4n) is 4.27. The minimum absolute atomic E-state index is 0.0198. The largest absolute Gasteiger partial charge is 0.480 e. The maximum atomic E-state index is 13.7. The van der Waals surface area contributed by atoms with Gasteiger partial charge in [0.05, 0.1) is 5.38 Å². The molecule has 2 fully saturated rings. The van der Waals surface area contributed by atoms with Crippen molar-refractivity contribution in [2.75, 3.05) is 6.54 Å². The number of ketones is 1. The molecule has 6 N–H and O–H groups in total. The Labute approximate surface area is 221 Å². The molecular formula is C24H38ClN5O7. The third kappa shape index (κ3) is 7.80. The van der Waals surface area contributed by atoms with E-state index in [4.69, 9.17) is 17.3 Å². The highest BCUT2D eigenvalue weighted by molar-refractivity contribution is 6.38. The number of carbonyl (C=O) groups is 6. The molecule has 2 rings (SSSR count). The molecule has 37 heavy (non-hydrogen) atoms. The average Bonchev–Trinajstić information content (AvgIpc) is 3.51. The van der Waals surface area contributed by atoms with Gasteiger partial charge in [-0.1, -0.05) is 41.5 Å². The van der Waals surface area contributed by atoms with E-state index in [9.17, 15) is 33.9 Å². The zero-order valence-corrected chi connectivity index (χ0v) is 22.8. The number of carboxylic acid groups (broad SMARTS) is 1. The van der Waals surface area contributed by atoms with Crippen molar-refractivity contribution in [2.24, 2.45) is 22.5 Å². The van der Waals surface area contributed by atoms with Gasteiger partial charge in [-0.2, -0.15) is 0 Å². The van der Waals surface area contributed by atoms with E-state index >= 15 is 0 Å². The van der Waals surface area contributed by atoms with E-state index in [0.717, 1.165) is 0 Å². The van der Waals surface area contributed by atoms with Crippen LogP contribution in [0.2, 0.25) is 0 Å². The lowest BCUT2D eigenvalue weighted by Crippen LogP contribution is -2.61. The number of halogens is 1. The van der Waals surface area contributed by atoms with Gasteiger partial charge >= 0.3 is 12.0 Å². The van der Waals surface area contributed by atoms with Crippen LogP contribution in [0.1, 0.15) is 60.8 Å². The van der Waals surface area contributed by atoms with Crippen LogP contribution in [0.25, 0.3) is 0 Å². The number of carbonyl (C=O) groups excluding carboxylic acids is 5. The van der Waals surface area contributed by atoms with Crippen molar-refractivity contribution >= 4 is 47.1 Å². The lowest BCUT2D eigenvalue weighted by Gasteiger charge is -2.36. The van der Waals surface area contributed by atoms with Gasteiger partial charge in [0, 0.05) is 6.54 Å². The second kappa shape index (κ2) is 11.2. The van der Waals surface area contributed by atoms with E-state index < -0.39 is 75.9 Å². The topological polar surface area (TPSA) is 188 Å². The van der Waals surface area contributed by atoms with Crippen LogP contribution < -0.4 is 21.7 Å². The van der Waals surface area contributed by atoms with Crippen molar-refractivity contribution in [3.05, 3.63) is 0 Å². The molecule has 1 aliphatic heterocycles. The molecule has 208 valence electrons. The Morgan fingerprint density at radius 1 is 0.919 bits per heavy atom. The van der Waals surface area contributed by atoms with Crippen molar-refractivity contribution in [1.29, 1.82) is 0 Å². The van der Waals surface area contributed by atoms with Gasteiger partial charge in [-0.15, -0.1) is 11.6 Å². The highest BCUT2D eigenvalue weighted by Gasteiger charge is 2.47. The van der Waals surface area contributed by atoms with E-state index in [1.807, 2.05) is 0 Å². The van der Waals surface area contributed by atoms with Crippen molar-refractivity contribution in [3.8, 4) is 0 Å². The molecule has 0 aromatic heterocycles. The number of hydrogen-bond donors (Lipinski definition) is 5. The molecule has 1 aliphatic carbocycles. The third-order valence-electron chi connectivity index (χ3n) is 6.53. The number of aliphatic carboxylic acids is 1. The first kappa shape index (κ1) is 30.3. The Hall–Kier alpha value is -2.89. The Bertz CT molecular complexity index is 954. The van der Waals surface area contributed by atoms with E-state index in [2.05, 4.69) is 16.0 Å². The number of likely N-dealkylation sites (tertiary alicyclic amines) is 1. The molecule has 2 unspecified atom stereocenters. The Kier molecular flexibility index (Phi) is 9.22. The molecule has 5 atom stereocenters. The lowest BCUT2D eigenvalue weighted by atomic mass is 9.85. The molecule has 0 spiro atoms. The number of nitrogens with one attached hydrogen (secondary N) is 3. The molecule has 0 aromatic carbocycles. The van der Waals surface area contributed by atoms with Gasteiger partial charge in [0.15, 0.2) is 0 Å². The Balaban J connectivity index is 2.23. The highest BCUT2D eigenvalue weighted by atomic mass is 35.5. The quantitative estimate of drug-likeness (QED) is 0.205. The molecule has 5 amide bonds. The molecule has 0 radical (unpaired) electrons. The number of Topliss-reactive ketones (excluding diaryl/α,β-unsaturated/α-hetero) is 1. The van der Waals surface area contributed by atoms with Gasteiger partial charge in [0.1, 0.15) is 24.2 Å². The van der Waals surface area contributed by atoms with E-state index in [1.165, 1.54) is 4.90 Å². The zero-order valence-electron chi connectivity index (χ0n) is 22.1. The summed E-state index contributed by atoms with van der Waals surface area (Å²) >= 11 is 6.31. The van der Waals surface area contributed by atoms with Gasteiger partial charge < -0.3 is 31.7 Å². The van der Waals surface area contributed by atoms with Crippen molar-refractivity contribution in [1.82, 2.24) is 20.9 Å². The number of rotatable bonds is 9. The summed E-state index contributed by atoms with van der Waals surface area (Å²) in [5, 5.41) is 16.5. The number of amides is 5. The monoisotopic (exact) mass is 543 g/mol. The molecule has 2 aliphatic rings. The highest BCUT2D eigenvalue weighted by Crippen LogP contribution is 2.34. The van der Waals surface area contributed by atoms with Gasteiger partial charge in [-0.3, -0.25) is 19.2 Å². The van der Waals surface area contributed by atoms with Crippen molar-refractivity contribution in [2.45, 2.75) is 90.3 Å². The van der Waals surface area contributed by atoms with E-state index in [-0.39, 0.29) is 18.9 Å². The first-order valence-electron chi connectivity index (χ1n) is 12.2. The number of carboxylic acids is 1. The summed E-state index contributed by atoms with van der Waals surface area (Å²) in [5.41, 5.74) is 3.52. The average molecular weight is 544 g/mol. The third-order valence-corrected chi connectivity index (χ3v) is 6.85. The first-order valence-corrected chi connectivity index (χ1v) is 12.7. The smallest absolute Gasteiger partial charge is 0.326 e. The van der Waals surface area contributed by atoms with Crippen molar-refractivity contribution in [3.63, 3.8) is 0 Å². The minimum Gasteiger partial charge on any atom is -0.480 e. The molecule has 1 heterocycles. The Morgan fingerprint density at radius 3 is 1.86 bits per heavy atom. The number of alkyl halides is 1. The molecule has 0 bridgehead atoms. The van der Waals surface area contributed by atoms with Gasteiger partial charge in [0.25, 0.3) is 5.91 Å². The van der Waals surface area contributed by atoms with Crippen LogP contribution >= 0.6 is 11.6 Å². The van der Waals surface area contributed by atoms with Crippen LogP contribution in [0.3, 0.4) is 0 Å². The number of hydrogen-bond acceptors (Lipinski definition) is 6. The summed E-state index contributed by atoms with van der Waals surface area (Å²) in [5.74, 6) is -4.69. The molecule has 1 saturated heterocycles. The molecule has 0 aromatic rings. The lowest BCUT2D eigenvalue weighted by molar-refractivity contribution is -0.143. The van der Waals surface area contributed by atoms with Crippen molar-refractivity contribution < 1.29 is 33.9 Å². The summed E-state index contributed by atoms with van der Waals surface area (Å²) in [6.07, 6.45) is 1.42. The van der Waals surface area contributed by atoms with E-state index in [0.29, 0.717) is 12.8 Å². The number of urea groups is 1. The van der Waals surface area contributed by atoms with Crippen LogP contribution in [-0.4, -0.2) is 81.6 Å². The maximum absolute atomic E-state index is 13.7. The van der Waals surface area contributed by atoms with Crippen LogP contribution in [0.15, 0.2) is 0 Å².